The molecule has 0 radical (unpaired) electrons. The Kier molecular flexibility index (Phi) is 5.01. The number of amides is 1. The molecule has 1 fully saturated rings. The van der Waals surface area contributed by atoms with Gasteiger partial charge in [-0.25, -0.2) is 8.78 Å². The minimum absolute atomic E-state index is 0.0401. The summed E-state index contributed by atoms with van der Waals surface area (Å²) < 4.78 is 28.8. The Hall–Kier alpha value is -3.32. The molecule has 4 rings (SSSR count). The van der Waals surface area contributed by atoms with E-state index in [1.54, 1.807) is 14.0 Å². The lowest BCUT2D eigenvalue weighted by Gasteiger charge is -2.33. The fourth-order valence-electron chi connectivity index (χ4n) is 4.03. The van der Waals surface area contributed by atoms with E-state index in [4.69, 9.17) is 12.3 Å². The fourth-order valence-corrected chi connectivity index (χ4v) is 5.45. The molecule has 2 aromatic rings. The van der Waals surface area contributed by atoms with Gasteiger partial charge in [-0.2, -0.15) is 0 Å². The Morgan fingerprint density at radius 1 is 1.42 bits per heavy atom. The monoisotopic (exact) mass is 440 g/mol. The molecule has 3 N–H and O–H groups in total. The molecule has 1 aromatic carbocycles. The van der Waals surface area contributed by atoms with Gasteiger partial charge in [-0.05, 0) is 37.1 Å². The van der Waals surface area contributed by atoms with E-state index in [1.165, 1.54) is 42.2 Å². The summed E-state index contributed by atoms with van der Waals surface area (Å²) in [5.41, 5.74) is 5.54. The Morgan fingerprint density at radius 3 is 2.84 bits per heavy atom. The lowest BCUT2D eigenvalue weighted by Crippen LogP contribution is -2.43. The maximum absolute atomic E-state index is 14.9. The average molecular weight is 440 g/mol. The van der Waals surface area contributed by atoms with Gasteiger partial charge in [-0.15, -0.1) is 4.98 Å². The minimum Gasteiger partial charge on any atom is -0.378 e. The van der Waals surface area contributed by atoms with Crippen LogP contribution in [0.4, 0.5) is 14.6 Å². The van der Waals surface area contributed by atoms with Crippen LogP contribution in [-0.4, -0.2) is 32.8 Å². The van der Waals surface area contributed by atoms with E-state index in [1.807, 2.05) is 0 Å². The first-order valence-electron chi connectivity index (χ1n) is 9.37. The Morgan fingerprint density at radius 2 is 2.19 bits per heavy atom. The first-order valence-corrected chi connectivity index (χ1v) is 10.2. The van der Waals surface area contributed by atoms with Gasteiger partial charge in [-0.3, -0.25) is 14.8 Å². The summed E-state index contributed by atoms with van der Waals surface area (Å²) in [5.74, 6) is -1.55. The van der Waals surface area contributed by atoms with Crippen molar-refractivity contribution in [2.75, 3.05) is 7.05 Å². The second-order valence-corrected chi connectivity index (χ2v) is 8.88. The van der Waals surface area contributed by atoms with Gasteiger partial charge in [0.2, 0.25) is 5.91 Å². The molecule has 1 aromatic heterocycles. The number of nitrogens with one attached hydrogen (secondary N) is 1. The lowest BCUT2D eigenvalue weighted by atomic mass is 9.84. The van der Waals surface area contributed by atoms with E-state index in [2.05, 4.69) is 25.1 Å². The maximum Gasteiger partial charge on any atom is 0.287 e. The fraction of sp³-hybridized carbons (Fsp3) is 0.286. The van der Waals surface area contributed by atoms with Crippen LogP contribution in [0, 0.1) is 18.3 Å². The number of aromatic nitrogens is 2. The van der Waals surface area contributed by atoms with Crippen LogP contribution in [-0.2, 0) is 10.3 Å². The van der Waals surface area contributed by atoms with E-state index >= 15 is 0 Å². The van der Waals surface area contributed by atoms with Crippen LogP contribution in [0.15, 0.2) is 35.6 Å². The van der Waals surface area contributed by atoms with Crippen molar-refractivity contribution in [2.45, 2.75) is 23.6 Å². The van der Waals surface area contributed by atoms with Gasteiger partial charge in [0.25, 0.3) is 5.82 Å². The number of nitrogens with zero attached hydrogens (tertiary/aromatic N) is 4. The third kappa shape index (κ3) is 3.45. The molecule has 1 aliphatic heterocycles. The average Bonchev–Trinajstić information content (AvgIpc) is 3.51. The number of amidine groups is 1. The third-order valence-electron chi connectivity index (χ3n) is 5.66. The lowest BCUT2D eigenvalue weighted by molar-refractivity contribution is -0.121. The zero-order chi connectivity index (χ0) is 22.4. The molecule has 10 heteroatoms. The Labute approximate surface area is 181 Å². The van der Waals surface area contributed by atoms with Gasteiger partial charge in [-0.1, -0.05) is 24.4 Å². The first-order chi connectivity index (χ1) is 14.7. The predicted octanol–water partition coefficient (Wildman–Crippen LogP) is 3.42. The summed E-state index contributed by atoms with van der Waals surface area (Å²) in [4.78, 5) is 27.8. The molecule has 158 valence electrons. The molecule has 1 aliphatic carbocycles. The molecule has 7 nitrogen and oxygen atoms in total. The van der Waals surface area contributed by atoms with Gasteiger partial charge in [0, 0.05) is 18.5 Å². The van der Waals surface area contributed by atoms with E-state index in [0.717, 1.165) is 6.20 Å². The molecule has 3 atom stereocenters. The van der Waals surface area contributed by atoms with Crippen LogP contribution < -0.4 is 11.1 Å². The van der Waals surface area contributed by atoms with E-state index in [9.17, 15) is 13.6 Å². The van der Waals surface area contributed by atoms with Crippen LogP contribution in [0.5, 0.6) is 0 Å². The molecule has 31 heavy (non-hydrogen) atoms. The van der Waals surface area contributed by atoms with Crippen molar-refractivity contribution in [3.63, 3.8) is 0 Å². The SMILES string of the molecule is [C-]#[N+]c1cnc(/C(F)=C/c2ccc(F)c([C@@]3(C)N=C(N)S[C@@]4(C(=O)NC)C[C@H]43)c2)cn1. The number of halogens is 2. The van der Waals surface area contributed by atoms with Crippen LogP contribution in [0.25, 0.3) is 16.7 Å². The highest BCUT2D eigenvalue weighted by molar-refractivity contribution is 8.15. The third-order valence-corrected chi connectivity index (χ3v) is 6.96. The number of carbonyl (C=O) groups is 1. The Bertz CT molecular complexity index is 1180. The van der Waals surface area contributed by atoms with E-state index in [0.29, 0.717) is 12.0 Å². The number of rotatable bonds is 4. The minimum atomic E-state index is -1.07. The smallest absolute Gasteiger partial charge is 0.287 e. The van der Waals surface area contributed by atoms with Gasteiger partial charge < -0.3 is 15.9 Å². The van der Waals surface area contributed by atoms with Crippen molar-refractivity contribution >= 4 is 40.6 Å². The second-order valence-electron chi connectivity index (χ2n) is 7.53. The summed E-state index contributed by atoms with van der Waals surface area (Å²) >= 11 is 1.20. The second kappa shape index (κ2) is 7.42. The molecule has 0 bridgehead atoms. The first kappa shape index (κ1) is 20.9. The summed E-state index contributed by atoms with van der Waals surface area (Å²) in [7, 11) is 1.55. The number of benzene rings is 1. The highest BCUT2D eigenvalue weighted by atomic mass is 32.2. The number of carbonyl (C=O) groups excluding carboxylic acids is 1. The van der Waals surface area contributed by atoms with Crippen molar-refractivity contribution in [1.29, 1.82) is 0 Å². The standard InChI is InChI=1S/C21H18F2N6OS/c1-20(16-8-21(16,18(30)26-3)31-19(24)29-20)12-6-11(4-5-13(12)22)7-14(23)15-9-28-17(25-2)10-27-15/h4-7,9-10,16H,8H2,1,3H3,(H2,24,29)(H,26,30)/b14-7-/t16-,20+,21-/m0/s1. The largest absolute Gasteiger partial charge is 0.378 e. The van der Waals surface area contributed by atoms with Crippen molar-refractivity contribution in [3.05, 3.63) is 64.6 Å². The predicted molar refractivity (Wildman–Crippen MR) is 115 cm³/mol. The quantitative estimate of drug-likeness (QED) is 0.710. The number of aliphatic imine (C=N–C) groups is 1. The van der Waals surface area contributed by atoms with Crippen molar-refractivity contribution in [2.24, 2.45) is 16.6 Å². The molecule has 1 saturated carbocycles. The van der Waals surface area contributed by atoms with Gasteiger partial charge in [0.05, 0.1) is 11.7 Å². The van der Waals surface area contributed by atoms with Crippen molar-refractivity contribution in [1.82, 2.24) is 15.3 Å². The van der Waals surface area contributed by atoms with E-state index < -0.39 is 21.9 Å². The number of hydrogen-bond donors (Lipinski definition) is 2. The molecule has 0 saturated heterocycles. The van der Waals surface area contributed by atoms with Gasteiger partial charge in [0.1, 0.15) is 22.5 Å². The number of thioether (sulfide) groups is 1. The highest BCUT2D eigenvalue weighted by Gasteiger charge is 2.70. The number of nitrogens with two attached hydrogens (primary N) is 1. The molecule has 1 amide bonds. The summed E-state index contributed by atoms with van der Waals surface area (Å²) in [6.45, 7) is 8.62. The van der Waals surface area contributed by atoms with E-state index in [-0.39, 0.29) is 34.1 Å². The van der Waals surface area contributed by atoms with Crippen LogP contribution in [0.3, 0.4) is 0 Å². The summed E-state index contributed by atoms with van der Waals surface area (Å²) in [6.07, 6.45) is 4.05. The highest BCUT2D eigenvalue weighted by Crippen LogP contribution is 2.66. The number of hydrogen-bond acceptors (Lipinski definition) is 6. The number of fused-ring (bicyclic) bond motifs is 1. The van der Waals surface area contributed by atoms with Crippen molar-refractivity contribution < 1.29 is 13.6 Å². The summed E-state index contributed by atoms with van der Waals surface area (Å²) in [5, 5.41) is 2.86. The van der Waals surface area contributed by atoms with Crippen LogP contribution >= 0.6 is 11.8 Å². The summed E-state index contributed by atoms with van der Waals surface area (Å²) in [6, 6.07) is 4.19. The van der Waals surface area contributed by atoms with Gasteiger partial charge >= 0.3 is 0 Å². The molecule has 2 aliphatic rings. The van der Waals surface area contributed by atoms with Crippen LogP contribution in [0.2, 0.25) is 0 Å². The van der Waals surface area contributed by atoms with Crippen LogP contribution in [0.1, 0.15) is 30.2 Å². The topological polar surface area (TPSA) is 97.6 Å². The molecule has 2 heterocycles. The zero-order valence-corrected chi connectivity index (χ0v) is 17.5. The Balaban J connectivity index is 1.72. The van der Waals surface area contributed by atoms with Gasteiger partial charge in [0.15, 0.2) is 11.0 Å². The molecular formula is C21H18F2N6OS. The molecule has 0 spiro atoms. The van der Waals surface area contributed by atoms with Crippen molar-refractivity contribution in [3.8, 4) is 0 Å². The maximum atomic E-state index is 14.9. The normalized spacial score (nSPS) is 27.0. The molecule has 0 unspecified atom stereocenters. The molecular weight excluding hydrogens is 422 g/mol. The zero-order valence-electron chi connectivity index (χ0n) is 16.7.